The van der Waals surface area contributed by atoms with Crippen molar-refractivity contribution in [2.24, 2.45) is 0 Å². The number of thiophene rings is 1. The number of rotatable bonds is 7. The van der Waals surface area contributed by atoms with Gasteiger partial charge in [0.05, 0.1) is 37.7 Å². The van der Waals surface area contributed by atoms with E-state index in [2.05, 4.69) is 4.98 Å². The Morgan fingerprint density at radius 1 is 1.17 bits per heavy atom. The van der Waals surface area contributed by atoms with E-state index in [4.69, 9.17) is 16.3 Å². The smallest absolute Gasteiger partial charge is 0.271 e. The van der Waals surface area contributed by atoms with Gasteiger partial charge in [-0.1, -0.05) is 35.9 Å². The fourth-order valence-corrected chi connectivity index (χ4v) is 4.20. The number of aliphatic hydroxyl groups excluding tert-OH is 1. The highest BCUT2D eigenvalue weighted by Crippen LogP contribution is 2.30. The molecule has 2 aromatic carbocycles. The van der Waals surface area contributed by atoms with Crippen LogP contribution in [0.25, 0.3) is 20.7 Å². The minimum Gasteiger partial charge on any atom is -0.389 e. The number of benzene rings is 2. The van der Waals surface area contributed by atoms with Gasteiger partial charge < -0.3 is 9.84 Å². The van der Waals surface area contributed by atoms with E-state index in [0.717, 1.165) is 16.0 Å². The second kappa shape index (κ2) is 9.06. The second-order valence-corrected chi connectivity index (χ2v) is 8.32. The molecule has 0 aliphatic heterocycles. The Morgan fingerprint density at radius 2 is 1.90 bits per heavy atom. The van der Waals surface area contributed by atoms with Crippen LogP contribution in [-0.4, -0.2) is 27.4 Å². The zero-order valence-electron chi connectivity index (χ0n) is 15.8. The van der Waals surface area contributed by atoms with E-state index in [1.54, 1.807) is 24.3 Å². The third-order valence-electron chi connectivity index (χ3n) is 4.53. The molecule has 0 radical (unpaired) electrons. The molecule has 0 aliphatic rings. The molecule has 1 N–H and O–H groups in total. The Hall–Kier alpha value is -2.58. The highest BCUT2D eigenvalue weighted by Gasteiger charge is 2.13. The average molecular weight is 445 g/mol. The summed E-state index contributed by atoms with van der Waals surface area (Å²) in [4.78, 5) is 18.0. The molecule has 4 rings (SSSR count). The Balaban J connectivity index is 1.43. The summed E-state index contributed by atoms with van der Waals surface area (Å²) in [5, 5.41) is 10.9. The first-order valence-electron chi connectivity index (χ1n) is 9.25. The van der Waals surface area contributed by atoms with Crippen LogP contribution in [0.15, 0.2) is 65.7 Å². The Kier molecular flexibility index (Phi) is 6.24. The molecule has 0 spiro atoms. The summed E-state index contributed by atoms with van der Waals surface area (Å²) >= 11 is 7.15. The molecule has 8 heteroatoms. The van der Waals surface area contributed by atoms with Crippen LogP contribution >= 0.6 is 22.9 Å². The van der Waals surface area contributed by atoms with E-state index in [1.807, 2.05) is 18.2 Å². The van der Waals surface area contributed by atoms with Crippen LogP contribution in [-0.2, 0) is 17.9 Å². The molecular weight excluding hydrogens is 427 g/mol. The van der Waals surface area contributed by atoms with Gasteiger partial charge in [0, 0.05) is 9.90 Å². The van der Waals surface area contributed by atoms with Crippen molar-refractivity contribution in [3.05, 3.63) is 87.7 Å². The van der Waals surface area contributed by atoms with Crippen LogP contribution in [0.5, 0.6) is 0 Å². The van der Waals surface area contributed by atoms with E-state index in [1.165, 1.54) is 34.4 Å². The van der Waals surface area contributed by atoms with Gasteiger partial charge in [0.15, 0.2) is 0 Å². The molecule has 2 aromatic heterocycles. The van der Waals surface area contributed by atoms with Crippen LogP contribution in [0.2, 0.25) is 5.02 Å². The van der Waals surface area contributed by atoms with Gasteiger partial charge in [0.1, 0.15) is 10.5 Å². The molecule has 30 heavy (non-hydrogen) atoms. The second-order valence-electron chi connectivity index (χ2n) is 6.83. The Bertz CT molecular complexity index is 1210. The lowest BCUT2D eigenvalue weighted by atomic mass is 10.2. The maximum absolute atomic E-state index is 13.1. The number of fused-ring (bicyclic) bond motifs is 1. The molecule has 154 valence electrons. The van der Waals surface area contributed by atoms with Gasteiger partial charge in [-0.2, -0.15) is 0 Å². The SMILES string of the molecule is O=c1c2sc(-c3ccc(F)cc3)cc2ncn1C[C@@H](O)COCc1ccc(Cl)cc1. The molecule has 0 fully saturated rings. The van der Waals surface area contributed by atoms with Crippen molar-refractivity contribution in [2.45, 2.75) is 19.3 Å². The molecule has 0 bridgehead atoms. The summed E-state index contributed by atoms with van der Waals surface area (Å²) in [5.74, 6) is -0.312. The summed E-state index contributed by atoms with van der Waals surface area (Å²) < 4.78 is 20.6. The van der Waals surface area contributed by atoms with Crippen LogP contribution in [0, 0.1) is 5.82 Å². The lowest BCUT2D eigenvalue weighted by Crippen LogP contribution is -2.29. The zero-order valence-corrected chi connectivity index (χ0v) is 17.4. The summed E-state index contributed by atoms with van der Waals surface area (Å²) in [6.45, 7) is 0.497. The zero-order chi connectivity index (χ0) is 21.1. The van der Waals surface area contributed by atoms with Crippen LogP contribution < -0.4 is 5.56 Å². The number of hydrogen-bond donors (Lipinski definition) is 1. The van der Waals surface area contributed by atoms with Crippen molar-refractivity contribution in [2.75, 3.05) is 6.61 Å². The van der Waals surface area contributed by atoms with Gasteiger partial charge in [0.25, 0.3) is 5.56 Å². The van der Waals surface area contributed by atoms with Crippen molar-refractivity contribution in [1.82, 2.24) is 9.55 Å². The van der Waals surface area contributed by atoms with Gasteiger partial charge in [-0.15, -0.1) is 11.3 Å². The van der Waals surface area contributed by atoms with Gasteiger partial charge in [-0.25, -0.2) is 9.37 Å². The van der Waals surface area contributed by atoms with E-state index < -0.39 is 6.10 Å². The number of nitrogens with zero attached hydrogens (tertiary/aromatic N) is 2. The quantitative estimate of drug-likeness (QED) is 0.456. The van der Waals surface area contributed by atoms with Crippen molar-refractivity contribution in [1.29, 1.82) is 0 Å². The third-order valence-corrected chi connectivity index (χ3v) is 5.95. The van der Waals surface area contributed by atoms with Crippen molar-refractivity contribution in [3.8, 4) is 10.4 Å². The standard InChI is InChI=1S/C22H18ClFN2O3S/c23-16-5-1-14(2-6-16)11-29-12-18(27)10-26-13-25-19-9-20(30-21(19)22(26)28)15-3-7-17(24)8-4-15/h1-9,13,18,27H,10-12H2/t18-/m1/s1. The summed E-state index contributed by atoms with van der Waals surface area (Å²) in [6, 6.07) is 15.2. The maximum Gasteiger partial charge on any atom is 0.271 e. The molecule has 0 saturated carbocycles. The maximum atomic E-state index is 13.1. The monoisotopic (exact) mass is 444 g/mol. The van der Waals surface area contributed by atoms with Gasteiger partial charge in [0.2, 0.25) is 0 Å². The van der Waals surface area contributed by atoms with Crippen molar-refractivity contribution in [3.63, 3.8) is 0 Å². The fourth-order valence-electron chi connectivity index (χ4n) is 3.00. The number of halogens is 2. The number of ether oxygens (including phenoxy) is 1. The van der Waals surface area contributed by atoms with E-state index in [9.17, 15) is 14.3 Å². The largest absolute Gasteiger partial charge is 0.389 e. The molecule has 2 heterocycles. The fraction of sp³-hybridized carbons (Fsp3) is 0.182. The Labute approximate surface area is 181 Å². The highest BCUT2D eigenvalue weighted by atomic mass is 35.5. The number of aliphatic hydroxyl groups is 1. The van der Waals surface area contributed by atoms with E-state index in [0.29, 0.717) is 21.8 Å². The molecule has 5 nitrogen and oxygen atoms in total. The van der Waals surface area contributed by atoms with Crippen molar-refractivity contribution >= 4 is 33.2 Å². The normalized spacial score (nSPS) is 12.4. The van der Waals surface area contributed by atoms with Crippen LogP contribution in [0.4, 0.5) is 4.39 Å². The predicted octanol–water partition coefficient (Wildman–Crippen LogP) is 4.50. The molecule has 0 unspecified atom stereocenters. The number of hydrogen-bond acceptors (Lipinski definition) is 5. The highest BCUT2D eigenvalue weighted by molar-refractivity contribution is 7.22. The first-order chi connectivity index (χ1) is 14.5. The summed E-state index contributed by atoms with van der Waals surface area (Å²) in [5.41, 5.74) is 2.11. The van der Waals surface area contributed by atoms with Gasteiger partial charge in [-0.05, 0) is 41.5 Å². The first-order valence-corrected chi connectivity index (χ1v) is 10.4. The van der Waals surface area contributed by atoms with E-state index in [-0.39, 0.29) is 24.5 Å². The lowest BCUT2D eigenvalue weighted by molar-refractivity contribution is 0.0198. The molecular formula is C22H18ClFN2O3S. The predicted molar refractivity (Wildman–Crippen MR) is 116 cm³/mol. The molecule has 0 aliphatic carbocycles. The molecule has 0 amide bonds. The average Bonchev–Trinajstić information content (AvgIpc) is 3.17. The minimum atomic E-state index is -0.856. The van der Waals surface area contributed by atoms with E-state index >= 15 is 0 Å². The first kappa shape index (κ1) is 20.7. The third kappa shape index (κ3) is 4.76. The summed E-state index contributed by atoms with van der Waals surface area (Å²) in [6.07, 6.45) is 0.569. The summed E-state index contributed by atoms with van der Waals surface area (Å²) in [7, 11) is 0. The van der Waals surface area contributed by atoms with Gasteiger partial charge >= 0.3 is 0 Å². The molecule has 1 atom stereocenters. The Morgan fingerprint density at radius 3 is 2.63 bits per heavy atom. The lowest BCUT2D eigenvalue weighted by Gasteiger charge is -2.13. The van der Waals surface area contributed by atoms with Crippen LogP contribution in [0.3, 0.4) is 0 Å². The van der Waals surface area contributed by atoms with Gasteiger partial charge in [-0.3, -0.25) is 9.36 Å². The minimum absolute atomic E-state index is 0.0756. The topological polar surface area (TPSA) is 64.4 Å². The van der Waals surface area contributed by atoms with Crippen molar-refractivity contribution < 1.29 is 14.2 Å². The molecule has 4 aromatic rings. The molecule has 0 saturated heterocycles. The van der Waals surface area contributed by atoms with Crippen LogP contribution in [0.1, 0.15) is 5.56 Å². The number of aromatic nitrogens is 2.